The van der Waals surface area contributed by atoms with Gasteiger partial charge in [-0.05, 0) is 25.1 Å². The molecule has 2 heterocycles. The highest BCUT2D eigenvalue weighted by molar-refractivity contribution is 7.14. The fourth-order valence-electron chi connectivity index (χ4n) is 2.95. The summed E-state index contributed by atoms with van der Waals surface area (Å²) >= 11 is 0.969. The van der Waals surface area contributed by atoms with Crippen molar-refractivity contribution in [2.24, 2.45) is 0 Å². The molecule has 2 amide bonds. The monoisotopic (exact) mass is 442 g/mol. The van der Waals surface area contributed by atoms with Crippen molar-refractivity contribution in [2.45, 2.75) is 12.6 Å². The highest BCUT2D eigenvalue weighted by atomic mass is 32.1. The van der Waals surface area contributed by atoms with Crippen LogP contribution in [0.5, 0.6) is 0 Å². The summed E-state index contributed by atoms with van der Waals surface area (Å²) in [6, 6.07) is 4.49. The van der Waals surface area contributed by atoms with Crippen LogP contribution < -0.4 is 10.6 Å². The van der Waals surface area contributed by atoms with Crippen molar-refractivity contribution in [3.05, 3.63) is 46.5 Å². The first kappa shape index (κ1) is 22.2. The third kappa shape index (κ3) is 6.00. The molecule has 0 unspecified atom stereocenters. The topological polar surface area (TPSA) is 83.6 Å². The first-order valence-electron chi connectivity index (χ1n) is 9.36. The normalized spacial score (nSPS) is 15.0. The molecule has 7 nitrogen and oxygen atoms in total. The van der Waals surface area contributed by atoms with Gasteiger partial charge in [-0.2, -0.15) is 13.2 Å². The third-order valence-electron chi connectivity index (χ3n) is 4.47. The van der Waals surface area contributed by atoms with Crippen LogP contribution in [0.15, 0.2) is 29.6 Å². The summed E-state index contributed by atoms with van der Waals surface area (Å²) in [5.74, 6) is -1.33. The van der Waals surface area contributed by atoms with Crippen LogP contribution in [-0.4, -0.2) is 61.1 Å². The van der Waals surface area contributed by atoms with Gasteiger partial charge in [0.2, 0.25) is 0 Å². The number of amides is 2. The molecule has 0 atom stereocenters. The third-order valence-corrected chi connectivity index (χ3v) is 5.23. The maximum absolute atomic E-state index is 13.1. The Balaban J connectivity index is 1.51. The van der Waals surface area contributed by atoms with Crippen LogP contribution in [-0.2, 0) is 10.9 Å². The summed E-state index contributed by atoms with van der Waals surface area (Å²) < 4.78 is 44.5. The first-order chi connectivity index (χ1) is 14.3. The van der Waals surface area contributed by atoms with Crippen molar-refractivity contribution in [3.8, 4) is 0 Å². The molecule has 0 bridgehead atoms. The van der Waals surface area contributed by atoms with E-state index in [0.29, 0.717) is 19.8 Å². The van der Waals surface area contributed by atoms with E-state index in [4.69, 9.17) is 4.74 Å². The number of aromatic nitrogens is 1. The molecular weight excluding hydrogens is 421 g/mol. The Labute approximate surface area is 175 Å². The molecule has 1 aromatic heterocycles. The number of ether oxygens (including phenoxy) is 1. The molecule has 1 fully saturated rings. The highest BCUT2D eigenvalue weighted by Gasteiger charge is 2.35. The van der Waals surface area contributed by atoms with Gasteiger partial charge in [0.15, 0.2) is 5.13 Å². The predicted molar refractivity (Wildman–Crippen MR) is 106 cm³/mol. The molecule has 0 spiro atoms. The molecule has 0 saturated carbocycles. The van der Waals surface area contributed by atoms with E-state index < -0.39 is 29.1 Å². The number of nitrogens with one attached hydrogen (secondary N) is 2. The van der Waals surface area contributed by atoms with Crippen molar-refractivity contribution in [1.82, 2.24) is 15.2 Å². The van der Waals surface area contributed by atoms with E-state index in [9.17, 15) is 22.8 Å². The van der Waals surface area contributed by atoms with Crippen LogP contribution in [0.1, 0.15) is 32.8 Å². The molecule has 11 heteroatoms. The van der Waals surface area contributed by atoms with Crippen LogP contribution >= 0.6 is 11.3 Å². The Hall–Kier alpha value is -2.50. The van der Waals surface area contributed by atoms with E-state index in [1.165, 1.54) is 17.5 Å². The molecule has 1 saturated heterocycles. The fourth-order valence-corrected chi connectivity index (χ4v) is 3.63. The number of nitrogens with zero attached hydrogens (tertiary/aromatic N) is 2. The summed E-state index contributed by atoms with van der Waals surface area (Å²) in [5, 5.41) is 6.58. The summed E-state index contributed by atoms with van der Waals surface area (Å²) in [4.78, 5) is 30.7. The standard InChI is InChI=1S/C19H21F3N4O3S/c20-19(21,22)14-5-2-1-4-13(14)16(27)25-18-24-15(12-30-18)17(28)23-6-3-7-26-8-10-29-11-9-26/h1-2,4-5,12H,3,6-11H2,(H,23,28)(H,24,25,27). The average Bonchev–Trinajstić information content (AvgIpc) is 3.20. The Bertz CT molecular complexity index is 882. The van der Waals surface area contributed by atoms with Gasteiger partial charge in [0, 0.05) is 25.0 Å². The summed E-state index contributed by atoms with van der Waals surface area (Å²) in [7, 11) is 0. The van der Waals surface area contributed by atoms with Gasteiger partial charge in [-0.1, -0.05) is 12.1 Å². The van der Waals surface area contributed by atoms with Gasteiger partial charge < -0.3 is 10.1 Å². The summed E-state index contributed by atoms with van der Waals surface area (Å²) in [5.41, 5.74) is -1.43. The van der Waals surface area contributed by atoms with Gasteiger partial charge in [0.1, 0.15) is 5.69 Å². The van der Waals surface area contributed by atoms with E-state index in [1.54, 1.807) is 0 Å². The van der Waals surface area contributed by atoms with E-state index in [1.807, 2.05) is 0 Å². The van der Waals surface area contributed by atoms with Crippen molar-refractivity contribution < 1.29 is 27.5 Å². The van der Waals surface area contributed by atoms with E-state index in [2.05, 4.69) is 20.5 Å². The molecule has 162 valence electrons. The summed E-state index contributed by atoms with van der Waals surface area (Å²) in [6.45, 7) is 4.50. The second-order valence-electron chi connectivity index (χ2n) is 6.60. The summed E-state index contributed by atoms with van der Waals surface area (Å²) in [6.07, 6.45) is -3.88. The van der Waals surface area contributed by atoms with Crippen LogP contribution in [0.4, 0.5) is 18.3 Å². The lowest BCUT2D eigenvalue weighted by atomic mass is 10.1. The zero-order valence-corrected chi connectivity index (χ0v) is 16.8. The average molecular weight is 442 g/mol. The van der Waals surface area contributed by atoms with Crippen molar-refractivity contribution >= 4 is 28.3 Å². The smallest absolute Gasteiger partial charge is 0.379 e. The number of thiazole rings is 1. The predicted octanol–water partition coefficient (Wildman–Crippen LogP) is 2.87. The molecule has 0 aliphatic carbocycles. The molecule has 1 aliphatic heterocycles. The molecule has 1 aromatic carbocycles. The first-order valence-corrected chi connectivity index (χ1v) is 10.2. The zero-order chi connectivity index (χ0) is 21.6. The van der Waals surface area contributed by atoms with Crippen molar-refractivity contribution in [1.29, 1.82) is 0 Å². The number of carbonyl (C=O) groups is 2. The second kappa shape index (κ2) is 10.0. The van der Waals surface area contributed by atoms with E-state index in [-0.39, 0.29) is 10.8 Å². The molecule has 30 heavy (non-hydrogen) atoms. The number of carbonyl (C=O) groups excluding carboxylic acids is 2. The molecule has 3 rings (SSSR count). The fraction of sp³-hybridized carbons (Fsp3) is 0.421. The second-order valence-corrected chi connectivity index (χ2v) is 7.46. The highest BCUT2D eigenvalue weighted by Crippen LogP contribution is 2.32. The SMILES string of the molecule is O=C(NCCCN1CCOCC1)c1csc(NC(=O)c2ccccc2C(F)(F)F)n1. The lowest BCUT2D eigenvalue weighted by Crippen LogP contribution is -2.38. The Morgan fingerprint density at radius 2 is 1.90 bits per heavy atom. The van der Waals surface area contributed by atoms with E-state index >= 15 is 0 Å². The molecule has 2 aromatic rings. The molecular formula is C19H21F3N4O3S. The van der Waals surface area contributed by atoms with Crippen LogP contribution in [0, 0.1) is 0 Å². The van der Waals surface area contributed by atoms with Gasteiger partial charge in [0.25, 0.3) is 11.8 Å². The van der Waals surface area contributed by atoms with Crippen LogP contribution in [0.2, 0.25) is 0 Å². The minimum atomic E-state index is -4.65. The van der Waals surface area contributed by atoms with Crippen LogP contribution in [0.25, 0.3) is 0 Å². The quantitative estimate of drug-likeness (QED) is 0.645. The molecule has 0 radical (unpaired) electrons. The number of benzene rings is 1. The lowest BCUT2D eigenvalue weighted by Gasteiger charge is -2.26. The van der Waals surface area contributed by atoms with Gasteiger partial charge in [-0.3, -0.25) is 19.8 Å². The number of halogens is 3. The Kier molecular flexibility index (Phi) is 7.40. The molecule has 2 N–H and O–H groups in total. The van der Waals surface area contributed by atoms with Gasteiger partial charge in [0.05, 0.1) is 24.3 Å². The molecule has 1 aliphatic rings. The van der Waals surface area contributed by atoms with Gasteiger partial charge in [-0.15, -0.1) is 11.3 Å². The lowest BCUT2D eigenvalue weighted by molar-refractivity contribution is -0.137. The van der Waals surface area contributed by atoms with Crippen LogP contribution in [0.3, 0.4) is 0 Å². The minimum absolute atomic E-state index is 0.0513. The Morgan fingerprint density at radius 3 is 2.63 bits per heavy atom. The number of hydrogen-bond donors (Lipinski definition) is 2. The van der Waals surface area contributed by atoms with E-state index in [0.717, 1.165) is 49.5 Å². The largest absolute Gasteiger partial charge is 0.417 e. The van der Waals surface area contributed by atoms with Crippen molar-refractivity contribution in [2.75, 3.05) is 44.7 Å². The maximum atomic E-state index is 13.1. The van der Waals surface area contributed by atoms with Gasteiger partial charge in [-0.25, -0.2) is 4.98 Å². The zero-order valence-electron chi connectivity index (χ0n) is 16.0. The number of morpholine rings is 1. The maximum Gasteiger partial charge on any atom is 0.417 e. The van der Waals surface area contributed by atoms with Gasteiger partial charge >= 0.3 is 6.18 Å². The minimum Gasteiger partial charge on any atom is -0.379 e. The number of alkyl halides is 3. The van der Waals surface area contributed by atoms with Crippen molar-refractivity contribution in [3.63, 3.8) is 0 Å². The number of anilines is 1. The Morgan fingerprint density at radius 1 is 1.17 bits per heavy atom. The number of rotatable bonds is 7. The number of hydrogen-bond acceptors (Lipinski definition) is 6.